The number of thioether (sulfide) groups is 1. The van der Waals surface area contributed by atoms with Crippen molar-refractivity contribution in [2.24, 2.45) is 0 Å². The van der Waals surface area contributed by atoms with Crippen LogP contribution in [0.15, 0.2) is 0 Å². The van der Waals surface area contributed by atoms with Crippen LogP contribution in [0.1, 0.15) is 26.7 Å². The fraction of sp³-hybridized carbons (Fsp3) is 0.909. The van der Waals surface area contributed by atoms with Crippen molar-refractivity contribution in [3.63, 3.8) is 0 Å². The summed E-state index contributed by atoms with van der Waals surface area (Å²) in [6, 6.07) is 0. The highest BCUT2D eigenvalue weighted by Gasteiger charge is 2.40. The van der Waals surface area contributed by atoms with E-state index in [9.17, 15) is 9.90 Å². The van der Waals surface area contributed by atoms with Crippen LogP contribution in [0, 0.1) is 0 Å². The molecule has 0 spiro atoms. The van der Waals surface area contributed by atoms with Crippen molar-refractivity contribution in [2.45, 2.75) is 38.4 Å². The Balaban J connectivity index is 2.36. The van der Waals surface area contributed by atoms with Crippen molar-refractivity contribution in [1.29, 1.82) is 0 Å². The van der Waals surface area contributed by atoms with E-state index < -0.39 is 11.6 Å². The maximum atomic E-state index is 11.2. The summed E-state index contributed by atoms with van der Waals surface area (Å²) < 4.78 is 10.9. The van der Waals surface area contributed by atoms with Gasteiger partial charge in [0.05, 0.1) is 19.3 Å². The quantitative estimate of drug-likeness (QED) is 0.726. The SMILES string of the molecule is CC(C)OCCOC1(C(=O)O)CCSCC1. The number of hydrogen-bond donors (Lipinski definition) is 1. The van der Waals surface area contributed by atoms with Crippen LogP contribution in [0.4, 0.5) is 0 Å². The Morgan fingerprint density at radius 3 is 2.50 bits per heavy atom. The van der Waals surface area contributed by atoms with Crippen LogP contribution in [0.5, 0.6) is 0 Å². The predicted molar refractivity (Wildman–Crippen MR) is 64.0 cm³/mol. The molecule has 0 aromatic heterocycles. The van der Waals surface area contributed by atoms with Gasteiger partial charge in [-0.2, -0.15) is 11.8 Å². The molecule has 1 fully saturated rings. The molecule has 1 aliphatic heterocycles. The van der Waals surface area contributed by atoms with E-state index in [4.69, 9.17) is 9.47 Å². The van der Waals surface area contributed by atoms with Gasteiger partial charge in [-0.25, -0.2) is 4.79 Å². The van der Waals surface area contributed by atoms with Gasteiger partial charge in [0.1, 0.15) is 0 Å². The first kappa shape index (κ1) is 13.8. The minimum Gasteiger partial charge on any atom is -0.479 e. The molecule has 0 aromatic rings. The van der Waals surface area contributed by atoms with Crippen LogP contribution in [-0.2, 0) is 14.3 Å². The Bertz CT molecular complexity index is 224. The lowest BCUT2D eigenvalue weighted by Crippen LogP contribution is -2.45. The van der Waals surface area contributed by atoms with Crippen molar-refractivity contribution in [3.05, 3.63) is 0 Å². The second kappa shape index (κ2) is 6.47. The smallest absolute Gasteiger partial charge is 0.336 e. The van der Waals surface area contributed by atoms with E-state index in [1.54, 1.807) is 11.8 Å². The summed E-state index contributed by atoms with van der Waals surface area (Å²) in [7, 11) is 0. The third-order valence-electron chi connectivity index (χ3n) is 2.60. The molecule has 0 bridgehead atoms. The molecule has 1 rings (SSSR count). The maximum Gasteiger partial charge on any atom is 0.336 e. The molecule has 1 aliphatic rings. The highest BCUT2D eigenvalue weighted by molar-refractivity contribution is 7.99. The van der Waals surface area contributed by atoms with Crippen molar-refractivity contribution in [3.8, 4) is 0 Å². The van der Waals surface area contributed by atoms with Crippen LogP contribution in [0.3, 0.4) is 0 Å². The summed E-state index contributed by atoms with van der Waals surface area (Å²) in [6.45, 7) is 4.71. The third kappa shape index (κ3) is 3.96. The Hall–Kier alpha value is -0.260. The van der Waals surface area contributed by atoms with Gasteiger partial charge in [0, 0.05) is 0 Å². The topological polar surface area (TPSA) is 55.8 Å². The minimum absolute atomic E-state index is 0.159. The van der Waals surface area contributed by atoms with Crippen LogP contribution in [-0.4, -0.2) is 47.5 Å². The molecule has 0 radical (unpaired) electrons. The molecule has 1 N–H and O–H groups in total. The average Bonchev–Trinajstić information content (AvgIpc) is 2.25. The molecule has 5 heteroatoms. The number of carboxylic acid groups (broad SMARTS) is 1. The first-order valence-corrected chi connectivity index (χ1v) is 6.79. The van der Waals surface area contributed by atoms with Gasteiger partial charge in [-0.3, -0.25) is 0 Å². The Labute approximate surface area is 101 Å². The molecule has 0 atom stereocenters. The number of hydrogen-bond acceptors (Lipinski definition) is 4. The van der Waals surface area contributed by atoms with E-state index in [0.29, 0.717) is 26.1 Å². The number of carboxylic acids is 1. The third-order valence-corrected chi connectivity index (χ3v) is 3.59. The lowest BCUT2D eigenvalue weighted by Gasteiger charge is -2.32. The molecule has 1 saturated heterocycles. The lowest BCUT2D eigenvalue weighted by molar-refractivity contribution is -0.169. The van der Waals surface area contributed by atoms with E-state index in [0.717, 1.165) is 11.5 Å². The largest absolute Gasteiger partial charge is 0.479 e. The normalized spacial score (nSPS) is 19.9. The second-order valence-electron chi connectivity index (χ2n) is 4.18. The van der Waals surface area contributed by atoms with E-state index in [-0.39, 0.29) is 6.10 Å². The van der Waals surface area contributed by atoms with Crippen molar-refractivity contribution in [2.75, 3.05) is 24.7 Å². The van der Waals surface area contributed by atoms with Crippen molar-refractivity contribution < 1.29 is 19.4 Å². The molecule has 0 aliphatic carbocycles. The molecular weight excluding hydrogens is 228 g/mol. The second-order valence-corrected chi connectivity index (χ2v) is 5.40. The Morgan fingerprint density at radius 2 is 2.00 bits per heavy atom. The van der Waals surface area contributed by atoms with E-state index in [1.807, 2.05) is 13.8 Å². The maximum absolute atomic E-state index is 11.2. The Kier molecular flexibility index (Phi) is 5.58. The average molecular weight is 248 g/mol. The molecule has 4 nitrogen and oxygen atoms in total. The molecule has 0 saturated carbocycles. The van der Waals surface area contributed by atoms with Crippen molar-refractivity contribution >= 4 is 17.7 Å². The number of ether oxygens (including phenoxy) is 2. The van der Waals surface area contributed by atoms with Crippen LogP contribution < -0.4 is 0 Å². The highest BCUT2D eigenvalue weighted by Crippen LogP contribution is 2.30. The zero-order valence-electron chi connectivity index (χ0n) is 9.90. The summed E-state index contributed by atoms with van der Waals surface area (Å²) in [5.41, 5.74) is -0.967. The summed E-state index contributed by atoms with van der Waals surface area (Å²) in [4.78, 5) is 11.2. The van der Waals surface area contributed by atoms with Gasteiger partial charge in [0.15, 0.2) is 5.60 Å². The van der Waals surface area contributed by atoms with Gasteiger partial charge in [-0.05, 0) is 38.2 Å². The first-order chi connectivity index (χ1) is 7.57. The Morgan fingerprint density at radius 1 is 1.38 bits per heavy atom. The number of rotatable bonds is 6. The number of aliphatic carboxylic acids is 1. The summed E-state index contributed by atoms with van der Waals surface area (Å²) in [5.74, 6) is 0.881. The molecule has 0 aromatic carbocycles. The standard InChI is InChI=1S/C11H20O4S/c1-9(2)14-5-6-15-11(10(12)13)3-7-16-8-4-11/h9H,3-8H2,1-2H3,(H,12,13). The summed E-state index contributed by atoms with van der Waals surface area (Å²) in [6.07, 6.45) is 1.34. The minimum atomic E-state index is -0.967. The predicted octanol–water partition coefficient (Wildman–Crippen LogP) is 1.78. The molecule has 0 amide bonds. The zero-order valence-corrected chi connectivity index (χ0v) is 10.7. The van der Waals surface area contributed by atoms with Gasteiger partial charge >= 0.3 is 5.97 Å². The van der Waals surface area contributed by atoms with Crippen LogP contribution >= 0.6 is 11.8 Å². The van der Waals surface area contributed by atoms with Gasteiger partial charge < -0.3 is 14.6 Å². The molecule has 94 valence electrons. The molecule has 1 heterocycles. The monoisotopic (exact) mass is 248 g/mol. The molecular formula is C11H20O4S. The number of carbonyl (C=O) groups is 1. The van der Waals surface area contributed by atoms with Gasteiger partial charge in [-0.15, -0.1) is 0 Å². The van der Waals surface area contributed by atoms with Crippen LogP contribution in [0.2, 0.25) is 0 Å². The summed E-state index contributed by atoms with van der Waals surface area (Å²) in [5, 5.41) is 9.22. The van der Waals surface area contributed by atoms with Crippen LogP contribution in [0.25, 0.3) is 0 Å². The lowest BCUT2D eigenvalue weighted by atomic mass is 9.97. The van der Waals surface area contributed by atoms with Crippen molar-refractivity contribution in [1.82, 2.24) is 0 Å². The highest BCUT2D eigenvalue weighted by atomic mass is 32.2. The fourth-order valence-electron chi connectivity index (χ4n) is 1.64. The van der Waals surface area contributed by atoms with E-state index >= 15 is 0 Å². The van der Waals surface area contributed by atoms with E-state index in [2.05, 4.69) is 0 Å². The van der Waals surface area contributed by atoms with Gasteiger partial charge in [0.25, 0.3) is 0 Å². The van der Waals surface area contributed by atoms with E-state index in [1.165, 1.54) is 0 Å². The fourth-order valence-corrected chi connectivity index (χ4v) is 2.79. The van der Waals surface area contributed by atoms with Gasteiger partial charge in [0.2, 0.25) is 0 Å². The molecule has 0 unspecified atom stereocenters. The zero-order chi connectivity index (χ0) is 12.0. The van der Waals surface area contributed by atoms with Gasteiger partial charge in [-0.1, -0.05) is 0 Å². The first-order valence-electron chi connectivity index (χ1n) is 5.63. The molecule has 16 heavy (non-hydrogen) atoms. The summed E-state index contributed by atoms with van der Waals surface area (Å²) >= 11 is 1.78.